The number of hydrogen-bond acceptors (Lipinski definition) is 5. The largest absolute Gasteiger partial charge is 0.497 e. The molecule has 0 atom stereocenters. The summed E-state index contributed by atoms with van der Waals surface area (Å²) in [5.41, 5.74) is 2.27. The van der Waals surface area contributed by atoms with Crippen LogP contribution in [0.2, 0.25) is 0 Å². The maximum atomic E-state index is 12.1. The Morgan fingerprint density at radius 2 is 1.85 bits per heavy atom. The number of carbonyl (C=O) groups is 2. The van der Waals surface area contributed by atoms with Crippen LogP contribution in [0.4, 0.5) is 5.69 Å². The van der Waals surface area contributed by atoms with E-state index in [4.69, 9.17) is 9.47 Å². The van der Waals surface area contributed by atoms with Gasteiger partial charge < -0.3 is 19.4 Å². The smallest absolute Gasteiger partial charge is 0.326 e. The molecule has 0 bridgehead atoms. The Morgan fingerprint density at radius 3 is 2.58 bits per heavy atom. The minimum Gasteiger partial charge on any atom is -0.497 e. The number of carbonyl (C=O) groups excluding carboxylic acids is 2. The van der Waals surface area contributed by atoms with Gasteiger partial charge in [0.05, 0.1) is 18.1 Å². The predicted octanol–water partition coefficient (Wildman–Crippen LogP) is 2.54. The van der Waals surface area contributed by atoms with Crippen LogP contribution in [0.15, 0.2) is 48.5 Å². The zero-order chi connectivity index (χ0) is 18.5. The molecule has 0 unspecified atom stereocenters. The Labute approximate surface area is 150 Å². The number of aromatic nitrogens is 2. The van der Waals surface area contributed by atoms with Gasteiger partial charge in [-0.2, -0.15) is 0 Å². The van der Waals surface area contributed by atoms with Crippen LogP contribution < -0.4 is 10.1 Å². The molecule has 0 aliphatic carbocycles. The molecular weight excluding hydrogens is 334 g/mol. The highest BCUT2D eigenvalue weighted by atomic mass is 16.5. The van der Waals surface area contributed by atoms with E-state index in [-0.39, 0.29) is 13.2 Å². The average molecular weight is 353 g/mol. The first-order valence-electron chi connectivity index (χ1n) is 8.08. The molecule has 3 rings (SSSR count). The van der Waals surface area contributed by atoms with Gasteiger partial charge in [-0.05, 0) is 43.3 Å². The van der Waals surface area contributed by atoms with Gasteiger partial charge in [0.2, 0.25) is 0 Å². The number of amides is 1. The number of benzene rings is 2. The normalized spacial score (nSPS) is 10.5. The lowest BCUT2D eigenvalue weighted by molar-refractivity contribution is -0.147. The topological polar surface area (TPSA) is 82.5 Å². The van der Waals surface area contributed by atoms with Gasteiger partial charge in [-0.3, -0.25) is 9.59 Å². The second kappa shape index (κ2) is 7.69. The summed E-state index contributed by atoms with van der Waals surface area (Å²) in [4.78, 5) is 28.4. The molecular formula is C19H19N3O4. The minimum absolute atomic E-state index is 0.00215. The van der Waals surface area contributed by atoms with Crippen molar-refractivity contribution in [3.05, 3.63) is 54.4 Å². The van der Waals surface area contributed by atoms with E-state index >= 15 is 0 Å². The number of rotatable bonds is 6. The van der Waals surface area contributed by atoms with E-state index in [1.807, 2.05) is 31.2 Å². The minimum atomic E-state index is -0.499. The van der Waals surface area contributed by atoms with E-state index in [1.165, 1.54) is 0 Å². The average Bonchev–Trinajstić information content (AvgIpc) is 2.96. The third-order valence-electron chi connectivity index (χ3n) is 3.87. The van der Waals surface area contributed by atoms with Gasteiger partial charge in [-0.15, -0.1) is 0 Å². The molecule has 0 aliphatic rings. The van der Waals surface area contributed by atoms with Crippen LogP contribution in [0, 0.1) is 6.92 Å². The summed E-state index contributed by atoms with van der Waals surface area (Å²) < 4.78 is 11.9. The van der Waals surface area contributed by atoms with Crippen molar-refractivity contribution < 1.29 is 19.1 Å². The van der Waals surface area contributed by atoms with Gasteiger partial charge in [0, 0.05) is 5.69 Å². The molecule has 134 valence electrons. The van der Waals surface area contributed by atoms with Crippen molar-refractivity contribution in [1.82, 2.24) is 9.55 Å². The Balaban J connectivity index is 1.54. The summed E-state index contributed by atoms with van der Waals surface area (Å²) in [7, 11) is 1.57. The molecule has 2 aromatic carbocycles. The SMILES string of the molecule is COc1ccc(NC(=O)COC(=O)Cn2c(C)nc3ccccc32)cc1. The Hall–Kier alpha value is -3.35. The maximum Gasteiger partial charge on any atom is 0.326 e. The van der Waals surface area contributed by atoms with Crippen molar-refractivity contribution in [3.63, 3.8) is 0 Å². The van der Waals surface area contributed by atoms with Crippen LogP contribution in [0.25, 0.3) is 11.0 Å². The zero-order valence-corrected chi connectivity index (χ0v) is 14.6. The number of nitrogens with one attached hydrogen (secondary N) is 1. The fourth-order valence-corrected chi connectivity index (χ4v) is 2.59. The number of aryl methyl sites for hydroxylation is 1. The van der Waals surface area contributed by atoms with E-state index in [0.29, 0.717) is 17.3 Å². The number of nitrogens with zero attached hydrogens (tertiary/aromatic N) is 2. The van der Waals surface area contributed by atoms with Gasteiger partial charge in [0.1, 0.15) is 18.1 Å². The summed E-state index contributed by atoms with van der Waals surface area (Å²) in [6.07, 6.45) is 0. The van der Waals surface area contributed by atoms with Crippen LogP contribution >= 0.6 is 0 Å². The van der Waals surface area contributed by atoms with Gasteiger partial charge in [-0.1, -0.05) is 12.1 Å². The van der Waals surface area contributed by atoms with Gasteiger partial charge >= 0.3 is 5.97 Å². The van der Waals surface area contributed by atoms with E-state index in [0.717, 1.165) is 11.0 Å². The number of para-hydroxylation sites is 2. The third kappa shape index (κ3) is 4.00. The fourth-order valence-electron chi connectivity index (χ4n) is 2.59. The van der Waals surface area contributed by atoms with Crippen molar-refractivity contribution >= 4 is 28.6 Å². The number of ether oxygens (including phenoxy) is 2. The van der Waals surface area contributed by atoms with Crippen molar-refractivity contribution in [1.29, 1.82) is 0 Å². The molecule has 7 nitrogen and oxygen atoms in total. The first-order chi connectivity index (χ1) is 12.6. The quantitative estimate of drug-likeness (QED) is 0.689. The second-order valence-electron chi connectivity index (χ2n) is 5.67. The fraction of sp³-hybridized carbons (Fsp3) is 0.211. The number of anilines is 1. The van der Waals surface area contributed by atoms with Crippen LogP contribution in [-0.2, 0) is 20.9 Å². The first kappa shape index (κ1) is 17.5. The van der Waals surface area contributed by atoms with Crippen LogP contribution in [0.5, 0.6) is 5.75 Å². The maximum absolute atomic E-state index is 12.1. The molecule has 26 heavy (non-hydrogen) atoms. The molecule has 0 aliphatic heterocycles. The van der Waals surface area contributed by atoms with Crippen LogP contribution in [-0.4, -0.2) is 35.1 Å². The number of fused-ring (bicyclic) bond motifs is 1. The van der Waals surface area contributed by atoms with Crippen LogP contribution in [0.1, 0.15) is 5.82 Å². The molecule has 7 heteroatoms. The summed E-state index contributed by atoms with van der Waals surface area (Å²) >= 11 is 0. The third-order valence-corrected chi connectivity index (χ3v) is 3.87. The van der Waals surface area contributed by atoms with E-state index < -0.39 is 11.9 Å². The number of esters is 1. The molecule has 0 radical (unpaired) electrons. The van der Waals surface area contributed by atoms with E-state index in [2.05, 4.69) is 10.3 Å². The lowest BCUT2D eigenvalue weighted by atomic mass is 10.3. The molecule has 0 fully saturated rings. The van der Waals surface area contributed by atoms with Crippen molar-refractivity contribution in [3.8, 4) is 5.75 Å². The Morgan fingerprint density at radius 1 is 1.12 bits per heavy atom. The molecule has 0 spiro atoms. The van der Waals surface area contributed by atoms with Crippen molar-refractivity contribution in [2.75, 3.05) is 19.0 Å². The summed E-state index contributed by atoms with van der Waals surface area (Å²) in [6.45, 7) is 1.47. The van der Waals surface area contributed by atoms with Crippen molar-refractivity contribution in [2.45, 2.75) is 13.5 Å². The molecule has 3 aromatic rings. The standard InChI is InChI=1S/C19H19N3O4/c1-13-20-16-5-3-4-6-17(16)22(13)11-19(24)26-12-18(23)21-14-7-9-15(25-2)10-8-14/h3-10H,11-12H2,1-2H3,(H,21,23). The molecule has 0 saturated heterocycles. The van der Waals surface area contributed by atoms with Crippen LogP contribution in [0.3, 0.4) is 0 Å². The predicted molar refractivity (Wildman–Crippen MR) is 97.1 cm³/mol. The highest BCUT2D eigenvalue weighted by Gasteiger charge is 2.13. The highest BCUT2D eigenvalue weighted by Crippen LogP contribution is 2.16. The molecule has 1 N–H and O–H groups in total. The zero-order valence-electron chi connectivity index (χ0n) is 14.6. The summed E-state index contributed by atoms with van der Waals surface area (Å²) in [6, 6.07) is 14.4. The summed E-state index contributed by atoms with van der Waals surface area (Å²) in [5.74, 6) is 0.500. The Bertz CT molecular complexity index is 932. The summed E-state index contributed by atoms with van der Waals surface area (Å²) in [5, 5.41) is 2.66. The number of imidazole rings is 1. The molecule has 1 heterocycles. The highest BCUT2D eigenvalue weighted by molar-refractivity contribution is 5.92. The first-order valence-corrected chi connectivity index (χ1v) is 8.08. The van der Waals surface area contributed by atoms with Gasteiger partial charge in [-0.25, -0.2) is 4.98 Å². The lowest BCUT2D eigenvalue weighted by Gasteiger charge is -2.09. The van der Waals surface area contributed by atoms with E-state index in [1.54, 1.807) is 35.9 Å². The lowest BCUT2D eigenvalue weighted by Crippen LogP contribution is -2.23. The molecule has 0 saturated carbocycles. The number of methoxy groups -OCH3 is 1. The van der Waals surface area contributed by atoms with Gasteiger partial charge in [0.15, 0.2) is 6.61 Å². The monoisotopic (exact) mass is 353 g/mol. The number of hydrogen-bond donors (Lipinski definition) is 1. The molecule has 1 amide bonds. The van der Waals surface area contributed by atoms with Crippen molar-refractivity contribution in [2.24, 2.45) is 0 Å². The van der Waals surface area contributed by atoms with E-state index in [9.17, 15) is 9.59 Å². The van der Waals surface area contributed by atoms with Gasteiger partial charge in [0.25, 0.3) is 5.91 Å². The molecule has 1 aromatic heterocycles. The Kier molecular flexibility index (Phi) is 5.17. The second-order valence-corrected chi connectivity index (χ2v) is 5.67.